The number of aryl methyl sites for hydroxylation is 1. The number of benzene rings is 1. The zero-order chi connectivity index (χ0) is 32.6. The largest absolute Gasteiger partial charge is 0.480 e. The van der Waals surface area contributed by atoms with Crippen LogP contribution in [0.15, 0.2) is 58.5 Å². The number of amides is 1. The summed E-state index contributed by atoms with van der Waals surface area (Å²) in [7, 11) is 1.46. The van der Waals surface area contributed by atoms with Gasteiger partial charge in [-0.1, -0.05) is 17.7 Å². The first kappa shape index (κ1) is 31.6. The molecule has 0 unspecified atom stereocenters. The Kier molecular flexibility index (Phi) is 8.62. The number of morpholine rings is 1. The van der Waals surface area contributed by atoms with E-state index in [0.29, 0.717) is 5.52 Å². The first-order chi connectivity index (χ1) is 21.3. The average molecular weight is 651 g/mol. The van der Waals surface area contributed by atoms with Crippen LogP contribution in [0.3, 0.4) is 0 Å². The monoisotopic (exact) mass is 650 g/mol. The molecule has 0 aliphatic carbocycles. The average Bonchev–Trinajstić information content (AvgIpc) is 2.99. The van der Waals surface area contributed by atoms with Crippen LogP contribution in [-0.4, -0.2) is 74.1 Å². The SMILES string of the molecule is Cn1c(=O)n(-c2ccc(C[C@H](NC(=O)c3c(F)cc(N4CCOC[C@@H]4C(F)(F)F)cc3Cl)C(=O)O)cn2)c(=O)c2ccncc21. The number of anilines is 1. The van der Waals surface area contributed by atoms with Crippen molar-refractivity contribution < 1.29 is 37.0 Å². The van der Waals surface area contributed by atoms with Crippen LogP contribution in [0.4, 0.5) is 23.2 Å². The van der Waals surface area contributed by atoms with Crippen LogP contribution < -0.4 is 21.5 Å². The Hall–Kier alpha value is -4.83. The lowest BCUT2D eigenvalue weighted by Crippen LogP contribution is -2.53. The molecule has 3 aromatic heterocycles. The number of rotatable bonds is 7. The number of hydrogen-bond donors (Lipinski definition) is 2. The molecule has 0 saturated carbocycles. The molecule has 5 rings (SSSR count). The molecule has 45 heavy (non-hydrogen) atoms. The molecule has 1 aliphatic heterocycles. The second-order valence-corrected chi connectivity index (χ2v) is 10.5. The highest BCUT2D eigenvalue weighted by Crippen LogP contribution is 2.34. The Balaban J connectivity index is 1.36. The molecule has 12 nitrogen and oxygen atoms in total. The van der Waals surface area contributed by atoms with E-state index in [0.717, 1.165) is 21.6 Å². The van der Waals surface area contributed by atoms with E-state index in [4.69, 9.17) is 16.3 Å². The number of halogens is 5. The Morgan fingerprint density at radius 2 is 1.96 bits per heavy atom. The van der Waals surface area contributed by atoms with Gasteiger partial charge in [-0.15, -0.1) is 0 Å². The summed E-state index contributed by atoms with van der Waals surface area (Å²) in [4.78, 5) is 59.7. The summed E-state index contributed by atoms with van der Waals surface area (Å²) in [6.45, 7) is -0.924. The van der Waals surface area contributed by atoms with Crippen LogP contribution in [0.5, 0.6) is 0 Å². The molecule has 1 saturated heterocycles. The fourth-order valence-electron chi connectivity index (χ4n) is 4.96. The van der Waals surface area contributed by atoms with Crippen LogP contribution in [0.2, 0.25) is 5.02 Å². The van der Waals surface area contributed by atoms with Gasteiger partial charge in [-0.25, -0.2) is 23.5 Å². The number of aromatic nitrogens is 4. The van der Waals surface area contributed by atoms with E-state index in [-0.39, 0.29) is 42.0 Å². The number of ether oxygens (including phenoxy) is 1. The zero-order valence-electron chi connectivity index (χ0n) is 23.2. The molecule has 4 aromatic rings. The van der Waals surface area contributed by atoms with Gasteiger partial charge in [0.05, 0.1) is 40.9 Å². The number of pyridine rings is 2. The third kappa shape index (κ3) is 6.23. The minimum atomic E-state index is -4.68. The number of carboxylic acid groups (broad SMARTS) is 1. The van der Waals surface area contributed by atoms with E-state index >= 15 is 4.39 Å². The number of fused-ring (bicyclic) bond motifs is 1. The van der Waals surface area contributed by atoms with Gasteiger partial charge in [0, 0.05) is 38.1 Å². The Labute approximate surface area is 255 Å². The number of alkyl halides is 3. The van der Waals surface area contributed by atoms with Gasteiger partial charge in [0.25, 0.3) is 11.5 Å². The topological polar surface area (TPSA) is 149 Å². The highest BCUT2D eigenvalue weighted by atomic mass is 35.5. The van der Waals surface area contributed by atoms with E-state index in [1.165, 1.54) is 48.4 Å². The van der Waals surface area contributed by atoms with Crippen molar-refractivity contribution in [3.8, 4) is 5.82 Å². The lowest BCUT2D eigenvalue weighted by atomic mass is 10.1. The van der Waals surface area contributed by atoms with Gasteiger partial charge in [0.15, 0.2) is 0 Å². The predicted molar refractivity (Wildman–Crippen MR) is 152 cm³/mol. The summed E-state index contributed by atoms with van der Waals surface area (Å²) in [5.74, 6) is -4.00. The first-order valence-electron chi connectivity index (χ1n) is 13.2. The molecule has 1 amide bonds. The summed E-state index contributed by atoms with van der Waals surface area (Å²) < 4.78 is 62.6. The zero-order valence-corrected chi connectivity index (χ0v) is 24.0. The van der Waals surface area contributed by atoms with Crippen molar-refractivity contribution in [1.82, 2.24) is 24.4 Å². The van der Waals surface area contributed by atoms with Crippen molar-refractivity contribution in [2.24, 2.45) is 7.05 Å². The van der Waals surface area contributed by atoms with Crippen molar-refractivity contribution in [1.29, 1.82) is 0 Å². The molecule has 1 aromatic carbocycles. The van der Waals surface area contributed by atoms with Crippen LogP contribution in [0.1, 0.15) is 15.9 Å². The number of nitrogens with one attached hydrogen (secondary N) is 1. The predicted octanol–water partition coefficient (Wildman–Crippen LogP) is 2.47. The molecule has 2 N–H and O–H groups in total. The number of nitrogens with zero attached hydrogens (tertiary/aromatic N) is 5. The van der Waals surface area contributed by atoms with Crippen molar-refractivity contribution in [3.05, 3.63) is 91.7 Å². The van der Waals surface area contributed by atoms with Gasteiger partial charge in [0.1, 0.15) is 23.7 Å². The molecule has 2 atom stereocenters. The van der Waals surface area contributed by atoms with Gasteiger partial charge in [0.2, 0.25) is 0 Å². The van der Waals surface area contributed by atoms with Gasteiger partial charge in [-0.3, -0.25) is 19.1 Å². The number of hydrogen-bond acceptors (Lipinski definition) is 8. The standard InChI is InChI=1S/C28H23ClF4N6O6/c1-37-20-12-34-5-4-16(20)25(41)39(27(37)44)22-3-2-14(11-35-22)8-19(26(42)43)36-24(40)23-17(29)9-15(10-18(23)30)38-6-7-45-13-21(38)28(31,32)33/h2-5,9-12,19,21H,6-8,13H2,1H3,(H,36,40)(H,42,43)/t19-,21+/m0/s1. The Bertz CT molecular complexity index is 1890. The molecule has 17 heteroatoms. The number of aliphatic carboxylic acids is 1. The number of carbonyl (C=O) groups excluding carboxylic acids is 1. The second-order valence-electron chi connectivity index (χ2n) is 10.1. The van der Waals surface area contributed by atoms with Gasteiger partial charge in [-0.2, -0.15) is 13.2 Å². The fourth-order valence-corrected chi connectivity index (χ4v) is 5.25. The van der Waals surface area contributed by atoms with Crippen LogP contribution in [-0.2, 0) is 23.0 Å². The summed E-state index contributed by atoms with van der Waals surface area (Å²) in [5, 5.41) is 11.6. The van der Waals surface area contributed by atoms with E-state index in [1.807, 2.05) is 0 Å². The normalized spacial score (nSPS) is 16.0. The molecule has 1 fully saturated rings. The first-order valence-corrected chi connectivity index (χ1v) is 13.6. The minimum absolute atomic E-state index is 0.0408. The van der Waals surface area contributed by atoms with Crippen molar-refractivity contribution >= 4 is 40.1 Å². The maximum Gasteiger partial charge on any atom is 0.411 e. The molecular formula is C28H23ClF4N6O6. The van der Waals surface area contributed by atoms with Crippen LogP contribution in [0, 0.1) is 5.82 Å². The minimum Gasteiger partial charge on any atom is -0.480 e. The summed E-state index contributed by atoms with van der Waals surface area (Å²) in [5.41, 5.74) is -1.72. The summed E-state index contributed by atoms with van der Waals surface area (Å²) in [6, 6.07) is 2.22. The Morgan fingerprint density at radius 1 is 1.20 bits per heavy atom. The van der Waals surface area contributed by atoms with Gasteiger partial charge < -0.3 is 20.1 Å². The van der Waals surface area contributed by atoms with Crippen molar-refractivity contribution in [2.45, 2.75) is 24.7 Å². The van der Waals surface area contributed by atoms with Crippen LogP contribution >= 0.6 is 11.6 Å². The maximum absolute atomic E-state index is 15.1. The fraction of sp³-hybridized carbons (Fsp3) is 0.286. The molecule has 236 valence electrons. The maximum atomic E-state index is 15.1. The van der Waals surface area contributed by atoms with Gasteiger partial charge in [-0.05, 0) is 29.8 Å². The van der Waals surface area contributed by atoms with Crippen LogP contribution in [0.25, 0.3) is 16.7 Å². The molecule has 1 aliphatic rings. The number of carboxylic acids is 1. The summed E-state index contributed by atoms with van der Waals surface area (Å²) in [6.07, 6.45) is -1.04. The smallest absolute Gasteiger partial charge is 0.411 e. The third-order valence-corrected chi connectivity index (χ3v) is 7.54. The Morgan fingerprint density at radius 3 is 2.60 bits per heavy atom. The lowest BCUT2D eigenvalue weighted by molar-refractivity contribution is -0.167. The molecule has 0 radical (unpaired) electrons. The third-order valence-electron chi connectivity index (χ3n) is 7.25. The van der Waals surface area contributed by atoms with E-state index in [9.17, 15) is 37.5 Å². The highest BCUT2D eigenvalue weighted by Gasteiger charge is 2.45. The lowest BCUT2D eigenvalue weighted by Gasteiger charge is -2.38. The second kappa shape index (κ2) is 12.3. The molecular weight excluding hydrogens is 628 g/mol. The quantitative estimate of drug-likeness (QED) is 0.288. The van der Waals surface area contributed by atoms with E-state index < -0.39 is 64.4 Å². The highest BCUT2D eigenvalue weighted by molar-refractivity contribution is 6.34. The molecule has 4 heterocycles. The van der Waals surface area contributed by atoms with Crippen molar-refractivity contribution in [2.75, 3.05) is 24.7 Å². The molecule has 0 bridgehead atoms. The van der Waals surface area contributed by atoms with E-state index in [2.05, 4.69) is 15.3 Å². The number of carbonyl (C=O) groups is 2. The van der Waals surface area contributed by atoms with Gasteiger partial charge >= 0.3 is 17.8 Å². The summed E-state index contributed by atoms with van der Waals surface area (Å²) >= 11 is 6.13. The van der Waals surface area contributed by atoms with Crippen molar-refractivity contribution in [3.63, 3.8) is 0 Å². The van der Waals surface area contributed by atoms with E-state index in [1.54, 1.807) is 0 Å². The molecule has 0 spiro atoms.